The zero-order chi connectivity index (χ0) is 21.5. The van der Waals surface area contributed by atoms with Crippen molar-refractivity contribution < 1.29 is 23.9 Å². The summed E-state index contributed by atoms with van der Waals surface area (Å²) in [6, 6.07) is 1.87. The highest BCUT2D eigenvalue weighted by molar-refractivity contribution is 6.77. The van der Waals surface area contributed by atoms with Crippen LogP contribution in [0.4, 0.5) is 0 Å². The molecule has 3 unspecified atom stereocenters. The minimum atomic E-state index is -1.55. The van der Waals surface area contributed by atoms with Crippen LogP contribution in [0.1, 0.15) is 26.2 Å². The first-order chi connectivity index (χ1) is 12.1. The van der Waals surface area contributed by atoms with Crippen LogP contribution < -0.4 is 0 Å². The van der Waals surface area contributed by atoms with Gasteiger partial charge >= 0.3 is 5.97 Å². The van der Waals surface area contributed by atoms with Crippen LogP contribution in [0.5, 0.6) is 0 Å². The molecule has 0 saturated heterocycles. The van der Waals surface area contributed by atoms with E-state index in [0.29, 0.717) is 18.4 Å². The molecule has 8 heteroatoms. The first-order valence-corrected chi connectivity index (χ1v) is 19.5. The molecule has 0 aromatic rings. The largest absolute Gasteiger partial charge is 0.458 e. The van der Waals surface area contributed by atoms with E-state index in [2.05, 4.69) is 52.4 Å². The molecule has 0 bridgehead atoms. The Morgan fingerprint density at radius 1 is 1.19 bits per heavy atom. The maximum absolute atomic E-state index is 12.3. The fourth-order valence-electron chi connectivity index (χ4n) is 3.00. The number of hydrogen-bond donors (Lipinski definition) is 2. The van der Waals surface area contributed by atoms with Crippen molar-refractivity contribution in [2.24, 2.45) is 0 Å². The van der Waals surface area contributed by atoms with E-state index >= 15 is 0 Å². The van der Waals surface area contributed by atoms with Gasteiger partial charge in [0.15, 0.2) is 17.4 Å². The lowest BCUT2D eigenvalue weighted by atomic mass is 9.88. The molecule has 0 aliphatic rings. The van der Waals surface area contributed by atoms with Gasteiger partial charge in [0.25, 0.3) is 0 Å². The zero-order valence-electron chi connectivity index (χ0n) is 18.7. The second-order valence-corrected chi connectivity index (χ2v) is 22.9. The number of carbonyl (C=O) groups excluding carboxylic acids is 1. The maximum Gasteiger partial charge on any atom is 0.333 e. The Morgan fingerprint density at radius 3 is 2.15 bits per heavy atom. The van der Waals surface area contributed by atoms with Crippen molar-refractivity contribution in [2.45, 2.75) is 95.8 Å². The molecule has 0 spiro atoms. The van der Waals surface area contributed by atoms with Gasteiger partial charge in [-0.1, -0.05) is 32.3 Å². The van der Waals surface area contributed by atoms with Gasteiger partial charge in [-0.2, -0.15) is 0 Å². The molecular weight excluding hydrogens is 392 g/mol. The highest BCUT2D eigenvalue weighted by Crippen LogP contribution is 2.33. The lowest BCUT2D eigenvalue weighted by Gasteiger charge is -2.39. The lowest BCUT2D eigenvalue weighted by Crippen LogP contribution is -2.49. The fourth-order valence-corrected chi connectivity index (χ4v) is 10.3. The van der Waals surface area contributed by atoms with E-state index in [1.807, 2.05) is 0 Å². The maximum atomic E-state index is 12.3. The Kier molecular flexibility index (Phi) is 11.0. The Morgan fingerprint density at radius 2 is 1.74 bits per heavy atom. The van der Waals surface area contributed by atoms with E-state index in [-0.39, 0.29) is 0 Å². The average molecular weight is 435 g/mol. The van der Waals surface area contributed by atoms with E-state index in [0.717, 1.165) is 18.5 Å². The summed E-state index contributed by atoms with van der Waals surface area (Å²) < 4.78 is 12.0. The summed E-state index contributed by atoms with van der Waals surface area (Å²) in [6.07, 6.45) is 0.815. The third-order valence-corrected chi connectivity index (χ3v) is 11.9. The summed E-state index contributed by atoms with van der Waals surface area (Å²) in [6.45, 7) is 20.4. The molecule has 27 heavy (non-hydrogen) atoms. The molecular formula is C19H42O5Si3. The van der Waals surface area contributed by atoms with Gasteiger partial charge in [-0.05, 0) is 58.4 Å². The van der Waals surface area contributed by atoms with Crippen molar-refractivity contribution in [2.75, 3.05) is 6.61 Å². The van der Waals surface area contributed by atoms with Crippen LogP contribution >= 0.6 is 0 Å². The molecule has 0 aliphatic carbocycles. The van der Waals surface area contributed by atoms with Crippen LogP contribution in [0.15, 0.2) is 12.2 Å². The first kappa shape index (κ1) is 26.7. The molecule has 0 rings (SSSR count). The van der Waals surface area contributed by atoms with E-state index in [1.54, 1.807) is 6.92 Å². The highest BCUT2D eigenvalue weighted by atomic mass is 28.4. The smallest absolute Gasteiger partial charge is 0.333 e. The summed E-state index contributed by atoms with van der Waals surface area (Å²) in [7, 11) is -4.26. The number of rotatable bonds is 13. The Balaban J connectivity index is 5.32. The van der Waals surface area contributed by atoms with E-state index in [4.69, 9.17) is 8.85 Å². The number of carbonyl (C=O) groups is 1. The molecule has 0 amide bonds. The summed E-state index contributed by atoms with van der Waals surface area (Å²) in [5.41, 5.74) is -0.749. The Bertz CT molecular complexity index is 485. The molecule has 160 valence electrons. The molecule has 0 aliphatic heterocycles. The molecule has 0 fully saturated rings. The molecule has 0 aromatic carbocycles. The molecule has 0 saturated carbocycles. The summed E-state index contributed by atoms with van der Waals surface area (Å²) >= 11 is 0. The van der Waals surface area contributed by atoms with Crippen molar-refractivity contribution in [3.63, 3.8) is 0 Å². The van der Waals surface area contributed by atoms with Crippen LogP contribution in [0.3, 0.4) is 0 Å². The third kappa shape index (κ3) is 11.4. The predicted molar refractivity (Wildman–Crippen MR) is 121 cm³/mol. The molecule has 0 aromatic heterocycles. The molecule has 3 atom stereocenters. The summed E-state index contributed by atoms with van der Waals surface area (Å²) in [5, 5.41) is 20.2. The second kappa shape index (κ2) is 11.1. The van der Waals surface area contributed by atoms with Crippen LogP contribution in [-0.2, 0) is 13.6 Å². The third-order valence-electron chi connectivity index (χ3n) is 4.49. The quantitative estimate of drug-likeness (QED) is 0.261. The topological polar surface area (TPSA) is 76.0 Å². The number of aliphatic hydroxyl groups excluding tert-OH is 2. The van der Waals surface area contributed by atoms with Crippen LogP contribution in [0, 0.1) is 0 Å². The van der Waals surface area contributed by atoms with Crippen molar-refractivity contribution in [3.8, 4) is 0 Å². The van der Waals surface area contributed by atoms with Crippen LogP contribution in [-0.4, -0.2) is 59.9 Å². The summed E-state index contributed by atoms with van der Waals surface area (Å²) in [5.74, 6) is -0.498. The standard InChI is InChI=1S/C19H42O5Si3/c1-16(2)18(22)23-19(17(21)15-20,12-14-26(4,5)6)11-10-13-25(3)24-27(7,8)9/h17,20-21,25H,1,10-15H2,2-9H3. The summed E-state index contributed by atoms with van der Waals surface area (Å²) in [4.78, 5) is 12.3. The Hall–Kier alpha value is -0.259. The Labute approximate surface area is 170 Å². The molecule has 0 radical (unpaired) electrons. The predicted octanol–water partition coefficient (Wildman–Crippen LogP) is 3.91. The van der Waals surface area contributed by atoms with Crippen LogP contribution in [0.25, 0.3) is 0 Å². The van der Waals surface area contributed by atoms with Crippen molar-refractivity contribution in [1.29, 1.82) is 0 Å². The van der Waals surface area contributed by atoms with E-state index in [1.165, 1.54) is 0 Å². The molecule has 5 nitrogen and oxygen atoms in total. The van der Waals surface area contributed by atoms with Crippen molar-refractivity contribution in [3.05, 3.63) is 12.2 Å². The van der Waals surface area contributed by atoms with Gasteiger partial charge in [0.2, 0.25) is 0 Å². The second-order valence-electron chi connectivity index (χ2n) is 9.93. The highest BCUT2D eigenvalue weighted by Gasteiger charge is 2.42. The van der Waals surface area contributed by atoms with Gasteiger partial charge in [-0.25, -0.2) is 4.79 Å². The van der Waals surface area contributed by atoms with E-state index in [9.17, 15) is 15.0 Å². The number of ether oxygens (including phenoxy) is 1. The zero-order valence-corrected chi connectivity index (χ0v) is 21.9. The number of aliphatic hydroxyl groups is 2. The van der Waals surface area contributed by atoms with Gasteiger partial charge < -0.3 is 19.1 Å². The van der Waals surface area contributed by atoms with Gasteiger partial charge in [0.05, 0.1) is 6.61 Å². The minimum absolute atomic E-state index is 0.308. The van der Waals surface area contributed by atoms with Gasteiger partial charge in [0.1, 0.15) is 11.7 Å². The van der Waals surface area contributed by atoms with Gasteiger partial charge in [0, 0.05) is 13.6 Å². The number of esters is 1. The minimum Gasteiger partial charge on any atom is -0.458 e. The fraction of sp³-hybridized carbons (Fsp3) is 0.842. The van der Waals surface area contributed by atoms with Crippen molar-refractivity contribution >= 4 is 31.4 Å². The number of hydrogen-bond acceptors (Lipinski definition) is 5. The lowest BCUT2D eigenvalue weighted by molar-refractivity contribution is -0.175. The van der Waals surface area contributed by atoms with Gasteiger partial charge in [-0.15, -0.1) is 0 Å². The monoisotopic (exact) mass is 434 g/mol. The SMILES string of the molecule is C=C(C)C(=O)OC(CCC[SiH](C)O[Si](C)(C)C)(CC[Si](C)(C)C)C(O)CO. The van der Waals surface area contributed by atoms with E-state index < -0.39 is 49.7 Å². The molecule has 2 N–H and O–H groups in total. The normalized spacial score (nSPS) is 17.1. The molecule has 0 heterocycles. The van der Waals surface area contributed by atoms with Crippen LogP contribution in [0.2, 0.25) is 57.9 Å². The first-order valence-electron chi connectivity index (χ1n) is 9.97. The van der Waals surface area contributed by atoms with Crippen molar-refractivity contribution in [1.82, 2.24) is 0 Å². The average Bonchev–Trinajstić information content (AvgIpc) is 2.48. The van der Waals surface area contributed by atoms with Gasteiger partial charge in [-0.3, -0.25) is 0 Å².